The molecule has 2 aromatic carbocycles. The Kier molecular flexibility index (Phi) is 6.12. The summed E-state index contributed by atoms with van der Waals surface area (Å²) in [6, 6.07) is 12.1. The monoisotopic (exact) mass is 376 g/mol. The number of likely N-dealkylation sites (tertiary alicyclic amines) is 1. The lowest BCUT2D eigenvalue weighted by Crippen LogP contribution is -2.38. The summed E-state index contributed by atoms with van der Waals surface area (Å²) in [5.41, 5.74) is 1.25. The minimum atomic E-state index is -0.282. The second kappa shape index (κ2) is 8.52. The molecule has 1 aliphatic heterocycles. The van der Waals surface area contributed by atoms with Gasteiger partial charge >= 0.3 is 0 Å². The van der Waals surface area contributed by atoms with Crippen molar-refractivity contribution in [1.29, 1.82) is 0 Å². The largest absolute Gasteiger partial charge is 0.497 e. The molecular formula is C20H22ClFN2O2. The Balaban J connectivity index is 1.54. The van der Waals surface area contributed by atoms with Crippen molar-refractivity contribution in [2.24, 2.45) is 5.92 Å². The Morgan fingerprint density at radius 3 is 2.69 bits per heavy atom. The number of ether oxygens (including phenoxy) is 1. The molecule has 0 bridgehead atoms. The maximum atomic E-state index is 13.9. The quantitative estimate of drug-likeness (QED) is 0.844. The van der Waals surface area contributed by atoms with Crippen molar-refractivity contribution >= 4 is 23.2 Å². The molecule has 1 aliphatic rings. The SMILES string of the molecule is COc1cccc(NC(=O)C2CCN(Cc3c(F)cccc3Cl)CC2)c1. The summed E-state index contributed by atoms with van der Waals surface area (Å²) in [4.78, 5) is 14.6. The molecule has 0 spiro atoms. The molecule has 0 aromatic heterocycles. The van der Waals surface area contributed by atoms with Crippen molar-refractivity contribution in [2.75, 3.05) is 25.5 Å². The zero-order valence-electron chi connectivity index (χ0n) is 14.7. The lowest BCUT2D eigenvalue weighted by atomic mass is 9.95. The lowest BCUT2D eigenvalue weighted by molar-refractivity contribution is -0.121. The first-order chi connectivity index (χ1) is 12.6. The summed E-state index contributed by atoms with van der Waals surface area (Å²) in [5.74, 6) is 0.394. The number of benzene rings is 2. The van der Waals surface area contributed by atoms with E-state index in [1.165, 1.54) is 6.07 Å². The number of amides is 1. The van der Waals surface area contributed by atoms with Crippen LogP contribution in [-0.4, -0.2) is 31.0 Å². The minimum absolute atomic E-state index is 0.0156. The normalized spacial score (nSPS) is 15.7. The number of halogens is 2. The van der Waals surface area contributed by atoms with E-state index in [0.717, 1.165) is 31.6 Å². The first kappa shape index (κ1) is 18.7. The van der Waals surface area contributed by atoms with Gasteiger partial charge in [-0.1, -0.05) is 23.7 Å². The van der Waals surface area contributed by atoms with Gasteiger partial charge in [-0.25, -0.2) is 4.39 Å². The van der Waals surface area contributed by atoms with Crippen LogP contribution in [0, 0.1) is 11.7 Å². The third-order valence-corrected chi connectivity index (χ3v) is 5.09. The van der Waals surface area contributed by atoms with Gasteiger partial charge in [-0.15, -0.1) is 0 Å². The summed E-state index contributed by atoms with van der Waals surface area (Å²) in [6.45, 7) is 1.94. The highest BCUT2D eigenvalue weighted by molar-refractivity contribution is 6.31. The second-order valence-electron chi connectivity index (χ2n) is 6.47. The van der Waals surface area contributed by atoms with Crippen molar-refractivity contribution in [1.82, 2.24) is 4.90 Å². The third-order valence-electron chi connectivity index (χ3n) is 4.74. The van der Waals surface area contributed by atoms with Crippen molar-refractivity contribution in [2.45, 2.75) is 19.4 Å². The molecule has 3 rings (SSSR count). The van der Waals surface area contributed by atoms with Crippen LogP contribution in [0.15, 0.2) is 42.5 Å². The van der Waals surface area contributed by atoms with Crippen LogP contribution in [0.5, 0.6) is 5.75 Å². The molecule has 6 heteroatoms. The number of hydrogen-bond donors (Lipinski definition) is 1. The van der Waals surface area contributed by atoms with Crippen molar-refractivity contribution < 1.29 is 13.9 Å². The van der Waals surface area contributed by atoms with Gasteiger partial charge in [-0.2, -0.15) is 0 Å². The van der Waals surface area contributed by atoms with Crippen LogP contribution in [0.2, 0.25) is 5.02 Å². The summed E-state index contributed by atoms with van der Waals surface area (Å²) in [7, 11) is 1.60. The Morgan fingerprint density at radius 2 is 2.00 bits per heavy atom. The van der Waals surface area contributed by atoms with E-state index < -0.39 is 0 Å². The molecule has 0 unspecified atom stereocenters. The number of nitrogens with zero attached hydrogens (tertiary/aromatic N) is 1. The Bertz CT molecular complexity index is 756. The molecule has 0 aliphatic carbocycles. The van der Waals surface area contributed by atoms with Gasteiger partial charge in [0.25, 0.3) is 0 Å². The highest BCUT2D eigenvalue weighted by atomic mass is 35.5. The topological polar surface area (TPSA) is 41.6 Å². The molecule has 138 valence electrons. The van der Waals surface area contributed by atoms with Crippen LogP contribution in [0.3, 0.4) is 0 Å². The van der Waals surface area contributed by atoms with Gasteiger partial charge in [0.15, 0.2) is 0 Å². The highest BCUT2D eigenvalue weighted by Crippen LogP contribution is 2.25. The molecule has 0 radical (unpaired) electrons. The van der Waals surface area contributed by atoms with Crippen molar-refractivity contribution in [3.05, 3.63) is 58.9 Å². The lowest BCUT2D eigenvalue weighted by Gasteiger charge is -2.31. The fourth-order valence-corrected chi connectivity index (χ4v) is 3.43. The van der Waals surface area contributed by atoms with Crippen LogP contribution in [0.25, 0.3) is 0 Å². The van der Waals surface area contributed by atoms with Gasteiger partial charge < -0.3 is 10.1 Å². The molecule has 0 saturated carbocycles. The number of piperidine rings is 1. The number of nitrogens with one attached hydrogen (secondary N) is 1. The minimum Gasteiger partial charge on any atom is -0.497 e. The van der Waals surface area contributed by atoms with Gasteiger partial charge in [-0.05, 0) is 50.2 Å². The van der Waals surface area contributed by atoms with Crippen LogP contribution in [-0.2, 0) is 11.3 Å². The Hall–Kier alpha value is -2.11. The van der Waals surface area contributed by atoms with Crippen LogP contribution < -0.4 is 10.1 Å². The zero-order chi connectivity index (χ0) is 18.5. The zero-order valence-corrected chi connectivity index (χ0v) is 15.4. The standard InChI is InChI=1S/C20H22ClFN2O2/c1-26-16-5-2-4-15(12-16)23-20(25)14-8-10-24(11-9-14)13-17-18(21)6-3-7-19(17)22/h2-7,12,14H,8-11,13H2,1H3,(H,23,25). The van der Waals surface area contributed by atoms with Crippen LogP contribution in [0.1, 0.15) is 18.4 Å². The average molecular weight is 377 g/mol. The van der Waals surface area contributed by atoms with E-state index in [9.17, 15) is 9.18 Å². The maximum absolute atomic E-state index is 13.9. The van der Waals surface area contributed by atoms with E-state index in [4.69, 9.17) is 16.3 Å². The van der Waals surface area contributed by atoms with Crippen molar-refractivity contribution in [3.8, 4) is 5.75 Å². The van der Waals surface area contributed by atoms with Gasteiger partial charge in [0.2, 0.25) is 5.91 Å². The average Bonchev–Trinajstić information content (AvgIpc) is 2.65. The van der Waals surface area contributed by atoms with E-state index >= 15 is 0 Å². The summed E-state index contributed by atoms with van der Waals surface area (Å²) in [6.07, 6.45) is 1.48. The first-order valence-electron chi connectivity index (χ1n) is 8.67. The number of carbonyl (C=O) groups is 1. The van der Waals surface area contributed by atoms with Gasteiger partial charge in [0.05, 0.1) is 7.11 Å². The smallest absolute Gasteiger partial charge is 0.227 e. The van der Waals surface area contributed by atoms with Gasteiger partial charge in [-0.3, -0.25) is 9.69 Å². The fourth-order valence-electron chi connectivity index (χ4n) is 3.21. The molecule has 4 nitrogen and oxygen atoms in total. The fraction of sp³-hybridized carbons (Fsp3) is 0.350. The Morgan fingerprint density at radius 1 is 1.27 bits per heavy atom. The summed E-state index contributed by atoms with van der Waals surface area (Å²) < 4.78 is 19.1. The number of rotatable bonds is 5. The molecule has 1 saturated heterocycles. The number of anilines is 1. The van der Waals surface area contributed by atoms with E-state index in [1.807, 2.05) is 18.2 Å². The maximum Gasteiger partial charge on any atom is 0.227 e. The molecular weight excluding hydrogens is 355 g/mol. The highest BCUT2D eigenvalue weighted by Gasteiger charge is 2.26. The molecule has 1 amide bonds. The predicted octanol–water partition coefficient (Wildman–Crippen LogP) is 4.34. The number of methoxy groups -OCH3 is 1. The number of carbonyl (C=O) groups excluding carboxylic acids is 1. The van der Waals surface area contributed by atoms with Gasteiger partial charge in [0, 0.05) is 34.8 Å². The molecule has 1 fully saturated rings. The molecule has 0 atom stereocenters. The molecule has 1 N–H and O–H groups in total. The van der Waals surface area contributed by atoms with E-state index in [0.29, 0.717) is 22.9 Å². The first-order valence-corrected chi connectivity index (χ1v) is 9.05. The van der Waals surface area contributed by atoms with Gasteiger partial charge in [0.1, 0.15) is 11.6 Å². The second-order valence-corrected chi connectivity index (χ2v) is 6.88. The Labute approximate surface area is 157 Å². The molecule has 2 aromatic rings. The number of hydrogen-bond acceptors (Lipinski definition) is 3. The third kappa shape index (κ3) is 4.54. The van der Waals surface area contributed by atoms with Crippen molar-refractivity contribution in [3.63, 3.8) is 0 Å². The summed E-state index contributed by atoms with van der Waals surface area (Å²) in [5, 5.41) is 3.40. The van der Waals surface area contributed by atoms with Crippen LogP contribution >= 0.6 is 11.6 Å². The summed E-state index contributed by atoms with van der Waals surface area (Å²) >= 11 is 6.10. The van der Waals surface area contributed by atoms with E-state index in [-0.39, 0.29) is 17.6 Å². The van der Waals surface area contributed by atoms with Crippen LogP contribution in [0.4, 0.5) is 10.1 Å². The van der Waals surface area contributed by atoms with E-state index in [1.54, 1.807) is 25.3 Å². The molecule has 1 heterocycles. The van der Waals surface area contributed by atoms with E-state index in [2.05, 4.69) is 10.2 Å². The predicted molar refractivity (Wildman–Crippen MR) is 101 cm³/mol. The molecule has 26 heavy (non-hydrogen) atoms.